The van der Waals surface area contributed by atoms with E-state index in [0.717, 1.165) is 31.5 Å². The normalized spacial score (nSPS) is 17.0. The number of hydrogen-bond donors (Lipinski definition) is 2. The Morgan fingerprint density at radius 2 is 1.88 bits per heavy atom. The van der Waals surface area contributed by atoms with Gasteiger partial charge in [-0.1, -0.05) is 26.0 Å². The molecule has 6 heteroatoms. The van der Waals surface area contributed by atoms with Crippen molar-refractivity contribution in [2.75, 3.05) is 33.4 Å². The number of amides is 1. The summed E-state index contributed by atoms with van der Waals surface area (Å²) in [6, 6.07) is 6.46. The number of methoxy groups -OCH3 is 1. The molecule has 24 heavy (non-hydrogen) atoms. The van der Waals surface area contributed by atoms with E-state index in [-0.39, 0.29) is 29.5 Å². The van der Waals surface area contributed by atoms with E-state index in [1.807, 2.05) is 13.8 Å². The summed E-state index contributed by atoms with van der Waals surface area (Å²) >= 11 is 0. The lowest BCUT2D eigenvalue weighted by Gasteiger charge is -2.36. The maximum atomic E-state index is 13.1. The standard InChI is InChI=1S/C18H27FN2O2.ClH/c1-17(2,14-4-6-15(19)7-5-14)12-21-16(22)18(13-23-3)8-10-20-11-9-18;/h4-7,20H,8-13H2,1-3H3,(H,21,22);1H. The third kappa shape index (κ3) is 4.91. The highest BCUT2D eigenvalue weighted by Crippen LogP contribution is 2.30. The van der Waals surface area contributed by atoms with Gasteiger partial charge in [-0.05, 0) is 43.6 Å². The molecule has 1 aromatic rings. The van der Waals surface area contributed by atoms with Crippen molar-refractivity contribution in [1.29, 1.82) is 0 Å². The minimum atomic E-state index is -0.446. The van der Waals surface area contributed by atoms with E-state index in [0.29, 0.717) is 13.2 Å². The van der Waals surface area contributed by atoms with Crippen molar-refractivity contribution < 1.29 is 13.9 Å². The van der Waals surface area contributed by atoms with Gasteiger partial charge in [0.1, 0.15) is 5.82 Å². The van der Waals surface area contributed by atoms with Crippen LogP contribution < -0.4 is 10.6 Å². The molecule has 2 rings (SSSR count). The number of rotatable bonds is 6. The van der Waals surface area contributed by atoms with Crippen molar-refractivity contribution in [3.05, 3.63) is 35.6 Å². The summed E-state index contributed by atoms with van der Waals surface area (Å²) < 4.78 is 18.4. The quantitative estimate of drug-likeness (QED) is 0.822. The van der Waals surface area contributed by atoms with E-state index in [9.17, 15) is 9.18 Å². The van der Waals surface area contributed by atoms with Crippen LogP contribution in [0, 0.1) is 11.2 Å². The van der Waals surface area contributed by atoms with Gasteiger partial charge in [0, 0.05) is 19.1 Å². The number of nitrogens with one attached hydrogen (secondary N) is 2. The van der Waals surface area contributed by atoms with E-state index < -0.39 is 5.41 Å². The highest BCUT2D eigenvalue weighted by Gasteiger charge is 2.40. The maximum Gasteiger partial charge on any atom is 0.228 e. The van der Waals surface area contributed by atoms with Gasteiger partial charge in [0.05, 0.1) is 12.0 Å². The first kappa shape index (κ1) is 20.9. The molecular weight excluding hydrogens is 331 g/mol. The maximum absolute atomic E-state index is 13.1. The second kappa shape index (κ2) is 8.79. The van der Waals surface area contributed by atoms with Crippen molar-refractivity contribution >= 4 is 18.3 Å². The third-order valence-corrected chi connectivity index (χ3v) is 4.78. The molecule has 0 atom stereocenters. The van der Waals surface area contributed by atoms with Gasteiger partial charge in [-0.3, -0.25) is 4.79 Å². The monoisotopic (exact) mass is 358 g/mol. The van der Waals surface area contributed by atoms with Crippen LogP contribution in [0.3, 0.4) is 0 Å². The molecule has 4 nitrogen and oxygen atoms in total. The zero-order valence-corrected chi connectivity index (χ0v) is 15.5. The molecule has 1 aliphatic rings. The van der Waals surface area contributed by atoms with Crippen molar-refractivity contribution in [3.8, 4) is 0 Å². The van der Waals surface area contributed by atoms with E-state index in [1.54, 1.807) is 19.2 Å². The van der Waals surface area contributed by atoms with Gasteiger partial charge in [-0.15, -0.1) is 12.4 Å². The molecule has 1 aliphatic heterocycles. The Balaban J connectivity index is 0.00000288. The molecule has 0 saturated carbocycles. The second-order valence-electron chi connectivity index (χ2n) is 7.04. The summed E-state index contributed by atoms with van der Waals surface area (Å²) in [5.74, 6) is -0.196. The van der Waals surface area contributed by atoms with Crippen LogP contribution in [0.25, 0.3) is 0 Å². The van der Waals surface area contributed by atoms with Gasteiger partial charge in [0.15, 0.2) is 0 Å². The number of ether oxygens (including phenoxy) is 1. The van der Waals surface area contributed by atoms with Crippen molar-refractivity contribution in [1.82, 2.24) is 10.6 Å². The fraction of sp³-hybridized carbons (Fsp3) is 0.611. The molecule has 1 heterocycles. The smallest absolute Gasteiger partial charge is 0.228 e. The van der Waals surface area contributed by atoms with Gasteiger partial charge in [-0.2, -0.15) is 0 Å². The molecule has 1 saturated heterocycles. The Morgan fingerprint density at radius 1 is 1.29 bits per heavy atom. The summed E-state index contributed by atoms with van der Waals surface area (Å²) in [7, 11) is 1.64. The zero-order chi connectivity index (χ0) is 16.9. The molecule has 0 spiro atoms. The lowest BCUT2D eigenvalue weighted by atomic mass is 9.78. The van der Waals surface area contributed by atoms with Gasteiger partial charge in [0.25, 0.3) is 0 Å². The Bertz CT molecular complexity index is 523. The molecular formula is C18H28ClFN2O2. The first-order valence-electron chi connectivity index (χ1n) is 8.14. The van der Waals surface area contributed by atoms with Gasteiger partial charge >= 0.3 is 0 Å². The van der Waals surface area contributed by atoms with Crippen LogP contribution >= 0.6 is 12.4 Å². The molecule has 1 fully saturated rings. The van der Waals surface area contributed by atoms with E-state index in [4.69, 9.17) is 4.74 Å². The highest BCUT2D eigenvalue weighted by atomic mass is 35.5. The fourth-order valence-corrected chi connectivity index (χ4v) is 3.11. The number of benzene rings is 1. The zero-order valence-electron chi connectivity index (χ0n) is 14.7. The average molecular weight is 359 g/mol. The predicted molar refractivity (Wildman–Crippen MR) is 96.1 cm³/mol. The van der Waals surface area contributed by atoms with Gasteiger partial charge < -0.3 is 15.4 Å². The Labute approximate surface area is 149 Å². The van der Waals surface area contributed by atoms with Crippen LogP contribution in [0.15, 0.2) is 24.3 Å². The van der Waals surface area contributed by atoms with Crippen molar-refractivity contribution in [2.45, 2.75) is 32.1 Å². The topological polar surface area (TPSA) is 50.4 Å². The van der Waals surface area contributed by atoms with E-state index >= 15 is 0 Å². The van der Waals surface area contributed by atoms with E-state index in [1.165, 1.54) is 12.1 Å². The summed E-state index contributed by atoms with van der Waals surface area (Å²) in [6.07, 6.45) is 1.56. The Morgan fingerprint density at radius 3 is 2.42 bits per heavy atom. The minimum absolute atomic E-state index is 0. The predicted octanol–water partition coefficient (Wildman–Crippen LogP) is 2.66. The van der Waals surface area contributed by atoms with E-state index in [2.05, 4.69) is 10.6 Å². The van der Waals surface area contributed by atoms with Crippen LogP contribution in [0.1, 0.15) is 32.3 Å². The number of halogens is 2. The van der Waals surface area contributed by atoms with Crippen LogP contribution in [0.5, 0.6) is 0 Å². The molecule has 136 valence electrons. The summed E-state index contributed by atoms with van der Waals surface area (Å²) in [4.78, 5) is 12.8. The summed E-state index contributed by atoms with van der Waals surface area (Å²) in [6.45, 7) is 6.71. The van der Waals surface area contributed by atoms with Crippen molar-refractivity contribution in [2.24, 2.45) is 5.41 Å². The number of carbonyl (C=O) groups excluding carboxylic acids is 1. The highest BCUT2D eigenvalue weighted by molar-refractivity contribution is 5.85. The largest absolute Gasteiger partial charge is 0.384 e. The molecule has 1 aromatic carbocycles. The van der Waals surface area contributed by atoms with Crippen LogP contribution in [0.2, 0.25) is 0 Å². The van der Waals surface area contributed by atoms with Gasteiger partial charge in [-0.25, -0.2) is 4.39 Å². The minimum Gasteiger partial charge on any atom is -0.384 e. The molecule has 1 amide bonds. The second-order valence-corrected chi connectivity index (χ2v) is 7.04. The van der Waals surface area contributed by atoms with Gasteiger partial charge in [0.2, 0.25) is 5.91 Å². The summed E-state index contributed by atoms with van der Waals surface area (Å²) in [5, 5.41) is 6.38. The summed E-state index contributed by atoms with van der Waals surface area (Å²) in [5.41, 5.74) is 0.300. The fourth-order valence-electron chi connectivity index (χ4n) is 3.11. The molecule has 2 N–H and O–H groups in total. The first-order chi connectivity index (χ1) is 10.9. The number of carbonyl (C=O) groups is 1. The first-order valence-corrected chi connectivity index (χ1v) is 8.14. The molecule has 0 bridgehead atoms. The lowest BCUT2D eigenvalue weighted by Crippen LogP contribution is -2.52. The lowest BCUT2D eigenvalue weighted by molar-refractivity contribution is -0.136. The van der Waals surface area contributed by atoms with Crippen LogP contribution in [-0.2, 0) is 14.9 Å². The average Bonchev–Trinajstić information content (AvgIpc) is 2.54. The number of hydrogen-bond acceptors (Lipinski definition) is 3. The third-order valence-electron chi connectivity index (χ3n) is 4.78. The molecule has 0 aliphatic carbocycles. The SMILES string of the molecule is COCC1(C(=O)NCC(C)(C)c2ccc(F)cc2)CCNCC1.Cl. The van der Waals surface area contributed by atoms with Crippen LogP contribution in [-0.4, -0.2) is 39.3 Å². The number of piperidine rings is 1. The Hall–Kier alpha value is -1.17. The Kier molecular flexibility index (Phi) is 7.64. The van der Waals surface area contributed by atoms with Crippen molar-refractivity contribution in [3.63, 3.8) is 0 Å². The molecule has 0 aromatic heterocycles. The molecule has 0 unspecified atom stereocenters. The molecule has 0 radical (unpaired) electrons. The van der Waals surface area contributed by atoms with Crippen LogP contribution in [0.4, 0.5) is 4.39 Å².